The van der Waals surface area contributed by atoms with Gasteiger partial charge >= 0.3 is 11.9 Å². The Morgan fingerprint density at radius 1 is 1.05 bits per heavy atom. The second-order valence-corrected chi connectivity index (χ2v) is 11.8. The van der Waals surface area contributed by atoms with Crippen LogP contribution in [0.5, 0.6) is 0 Å². The van der Waals surface area contributed by atoms with Crippen LogP contribution in [0.25, 0.3) is 0 Å². The van der Waals surface area contributed by atoms with E-state index in [-0.39, 0.29) is 43.5 Å². The molecule has 1 fully saturated rings. The van der Waals surface area contributed by atoms with Gasteiger partial charge in [-0.25, -0.2) is 4.79 Å². The minimum Gasteiger partial charge on any atom is -0.465 e. The molecule has 0 saturated carbocycles. The number of Topliss-reactive ketones (excluding diaryl/α,β-unsaturated/α-hetero) is 2. The quantitative estimate of drug-likeness (QED) is 0.262. The number of esters is 2. The summed E-state index contributed by atoms with van der Waals surface area (Å²) in [6.45, 7) is 8.17. The van der Waals surface area contributed by atoms with Crippen LogP contribution in [0.2, 0.25) is 0 Å². The number of aromatic nitrogens is 1. The lowest BCUT2D eigenvalue weighted by Crippen LogP contribution is -2.51. The molecule has 2 aliphatic rings. The number of rotatable bonds is 5. The zero-order chi connectivity index (χ0) is 31.2. The van der Waals surface area contributed by atoms with Crippen LogP contribution in [0.1, 0.15) is 90.0 Å². The van der Waals surface area contributed by atoms with E-state index in [0.717, 1.165) is 17.6 Å². The first-order chi connectivity index (χ1) is 20.7. The average Bonchev–Trinajstić information content (AvgIpc) is 3.01. The average molecular weight is 595 g/mol. The first-order valence-electron chi connectivity index (χ1n) is 15.6. The second-order valence-electron chi connectivity index (χ2n) is 11.8. The van der Waals surface area contributed by atoms with E-state index in [9.17, 15) is 24.0 Å². The molecule has 1 saturated heterocycles. The minimum atomic E-state index is -0.843. The highest BCUT2D eigenvalue weighted by Gasteiger charge is 2.37. The third kappa shape index (κ3) is 10.9. The van der Waals surface area contributed by atoms with Crippen LogP contribution in [0, 0.1) is 11.8 Å². The molecule has 2 aliphatic heterocycles. The zero-order valence-electron chi connectivity index (χ0n) is 25.6. The molecule has 1 aromatic heterocycles. The van der Waals surface area contributed by atoms with Crippen molar-refractivity contribution in [3.8, 4) is 0 Å². The standard InChI is InChI=1S/C34H46N2O7/c1-4-9-27-22-24(2)18-21-42-32(39)13-7-12-30(38)33(40)36-20-6-5-11-28(36)34(41)43-31(25(3)14-16-29(27)37)17-15-26-10-8-19-35-23-26/h4,8,10,19,22-23,25,27-28,31H,1,5-7,9,11-18,20-21H2,2-3H3/b24-22-/t25-,27?,28+,31-/m1/s1. The van der Waals surface area contributed by atoms with E-state index < -0.39 is 35.8 Å². The van der Waals surface area contributed by atoms with Crippen LogP contribution in [0.3, 0.4) is 0 Å². The Bertz CT molecular complexity index is 1160. The van der Waals surface area contributed by atoms with E-state index in [2.05, 4.69) is 11.6 Å². The minimum absolute atomic E-state index is 0.0152. The molecule has 9 heteroatoms. The van der Waals surface area contributed by atoms with Gasteiger partial charge in [-0.05, 0) is 75.8 Å². The number of amides is 1. The van der Waals surface area contributed by atoms with Gasteiger partial charge in [0.1, 0.15) is 17.9 Å². The first-order valence-corrected chi connectivity index (χ1v) is 15.6. The van der Waals surface area contributed by atoms with Gasteiger partial charge in [0, 0.05) is 50.5 Å². The number of piperidine rings is 1. The third-order valence-corrected chi connectivity index (χ3v) is 8.33. The van der Waals surface area contributed by atoms with Gasteiger partial charge in [0.15, 0.2) is 0 Å². The number of allylic oxidation sites excluding steroid dienone is 2. The lowest BCUT2D eigenvalue weighted by atomic mass is 9.88. The summed E-state index contributed by atoms with van der Waals surface area (Å²) < 4.78 is 11.4. The van der Waals surface area contributed by atoms with Crippen molar-refractivity contribution >= 4 is 29.4 Å². The number of fused-ring (bicyclic) bond motifs is 1. The number of ketones is 2. The molecule has 0 aliphatic carbocycles. The molecule has 1 amide bonds. The summed E-state index contributed by atoms with van der Waals surface area (Å²) in [5, 5.41) is 0. The van der Waals surface area contributed by atoms with Gasteiger partial charge in [-0.3, -0.25) is 24.2 Å². The summed E-state index contributed by atoms with van der Waals surface area (Å²) in [5.41, 5.74) is 1.95. The van der Waals surface area contributed by atoms with Gasteiger partial charge in [-0.15, -0.1) is 6.58 Å². The van der Waals surface area contributed by atoms with Crippen LogP contribution < -0.4 is 0 Å². The second kappa shape index (κ2) is 17.5. The lowest BCUT2D eigenvalue weighted by molar-refractivity contribution is -0.165. The highest BCUT2D eigenvalue weighted by Crippen LogP contribution is 2.26. The molecular formula is C34H46N2O7. The Hall–Kier alpha value is -3.62. The smallest absolute Gasteiger partial charge is 0.329 e. The summed E-state index contributed by atoms with van der Waals surface area (Å²) in [5.74, 6) is -2.67. The molecule has 43 heavy (non-hydrogen) atoms. The van der Waals surface area contributed by atoms with Crippen LogP contribution in [-0.4, -0.2) is 64.6 Å². The van der Waals surface area contributed by atoms with Crippen LogP contribution in [0.15, 0.2) is 48.8 Å². The van der Waals surface area contributed by atoms with E-state index in [1.54, 1.807) is 18.5 Å². The molecule has 0 spiro atoms. The number of carbonyl (C=O) groups is 5. The molecule has 3 heterocycles. The fourth-order valence-electron chi connectivity index (χ4n) is 5.66. The van der Waals surface area contributed by atoms with Crippen molar-refractivity contribution in [3.05, 3.63) is 54.4 Å². The summed E-state index contributed by atoms with van der Waals surface area (Å²) >= 11 is 0. The Labute approximate surface area is 255 Å². The topological polar surface area (TPSA) is 120 Å². The number of ether oxygens (including phenoxy) is 2. The Morgan fingerprint density at radius 3 is 2.60 bits per heavy atom. The number of aryl methyl sites for hydroxylation is 1. The maximum Gasteiger partial charge on any atom is 0.329 e. The summed E-state index contributed by atoms with van der Waals surface area (Å²) in [6, 6.07) is 2.99. The van der Waals surface area contributed by atoms with Gasteiger partial charge in [0.2, 0.25) is 5.78 Å². The zero-order valence-corrected chi connectivity index (χ0v) is 25.6. The summed E-state index contributed by atoms with van der Waals surface area (Å²) in [6.07, 6.45) is 11.6. The van der Waals surface area contributed by atoms with Gasteiger partial charge in [-0.1, -0.05) is 30.7 Å². The summed E-state index contributed by atoms with van der Waals surface area (Å²) in [7, 11) is 0. The van der Waals surface area contributed by atoms with Crippen molar-refractivity contribution in [3.63, 3.8) is 0 Å². The fourth-order valence-corrected chi connectivity index (χ4v) is 5.66. The van der Waals surface area contributed by atoms with Crippen LogP contribution in [-0.2, 0) is 39.9 Å². The molecule has 0 radical (unpaired) electrons. The molecular weight excluding hydrogens is 548 g/mol. The third-order valence-electron chi connectivity index (χ3n) is 8.33. The number of carbonyl (C=O) groups excluding carboxylic acids is 5. The van der Waals surface area contributed by atoms with Crippen LogP contribution in [0.4, 0.5) is 0 Å². The van der Waals surface area contributed by atoms with E-state index >= 15 is 0 Å². The molecule has 4 atom stereocenters. The number of hydrogen-bond donors (Lipinski definition) is 0. The lowest BCUT2D eigenvalue weighted by Gasteiger charge is -2.35. The molecule has 1 unspecified atom stereocenters. The summed E-state index contributed by atoms with van der Waals surface area (Å²) in [4.78, 5) is 70.5. The van der Waals surface area contributed by atoms with Gasteiger partial charge < -0.3 is 14.4 Å². The molecule has 1 aromatic rings. The number of hydrogen-bond acceptors (Lipinski definition) is 8. The van der Waals surface area contributed by atoms with Gasteiger partial charge in [0.25, 0.3) is 5.91 Å². The Morgan fingerprint density at radius 2 is 1.86 bits per heavy atom. The first kappa shape index (κ1) is 33.9. The number of cyclic esters (lactones) is 2. The molecule has 234 valence electrons. The van der Waals surface area contributed by atoms with Crippen LogP contribution >= 0.6 is 0 Å². The van der Waals surface area contributed by atoms with Crippen molar-refractivity contribution in [1.82, 2.24) is 9.88 Å². The fraction of sp³-hybridized carbons (Fsp3) is 0.588. The Kier molecular flexibility index (Phi) is 13.8. The largest absolute Gasteiger partial charge is 0.465 e. The van der Waals surface area contributed by atoms with E-state index in [4.69, 9.17) is 9.47 Å². The maximum atomic E-state index is 13.6. The van der Waals surface area contributed by atoms with Gasteiger partial charge in [0.05, 0.1) is 6.61 Å². The monoisotopic (exact) mass is 594 g/mol. The van der Waals surface area contributed by atoms with Crippen molar-refractivity contribution < 1.29 is 33.4 Å². The van der Waals surface area contributed by atoms with E-state index in [1.165, 1.54) is 4.90 Å². The van der Waals surface area contributed by atoms with Crippen molar-refractivity contribution in [2.75, 3.05) is 13.2 Å². The highest BCUT2D eigenvalue weighted by atomic mass is 16.5. The SMILES string of the molecule is C=CCC1/C=C(/C)CCOC(=O)CCCC(=O)C(=O)N2CCCC[C@H]2C(=O)O[C@H](CCc2cccnc2)[C@H](C)CCC1=O. The normalized spacial score (nSPS) is 27.2. The molecule has 9 nitrogen and oxygen atoms in total. The van der Waals surface area contributed by atoms with Crippen molar-refractivity contribution in [2.24, 2.45) is 11.8 Å². The molecule has 0 bridgehead atoms. The van der Waals surface area contributed by atoms with E-state index in [1.807, 2.05) is 32.1 Å². The molecule has 3 rings (SSSR count). The number of nitrogens with zero attached hydrogens (tertiary/aromatic N) is 2. The van der Waals surface area contributed by atoms with E-state index in [0.29, 0.717) is 57.9 Å². The van der Waals surface area contributed by atoms with Crippen molar-refractivity contribution in [2.45, 2.75) is 103 Å². The van der Waals surface area contributed by atoms with Crippen molar-refractivity contribution in [1.29, 1.82) is 0 Å². The highest BCUT2D eigenvalue weighted by molar-refractivity contribution is 6.36. The predicted molar refractivity (Wildman–Crippen MR) is 162 cm³/mol. The molecule has 0 N–H and O–H groups in total. The van der Waals surface area contributed by atoms with Gasteiger partial charge in [-0.2, -0.15) is 0 Å². The number of pyridine rings is 1. The maximum absolute atomic E-state index is 13.6. The predicted octanol–water partition coefficient (Wildman–Crippen LogP) is 5.12. The molecule has 0 aromatic carbocycles. The Balaban J connectivity index is 1.84.